The van der Waals surface area contributed by atoms with Crippen LogP contribution < -0.4 is 10.1 Å². The van der Waals surface area contributed by atoms with E-state index in [4.69, 9.17) is 4.74 Å². The first kappa shape index (κ1) is 12.4. The summed E-state index contributed by atoms with van der Waals surface area (Å²) in [5.41, 5.74) is 0.00522. The molecular weight excluding hydrogens is 246 g/mol. The number of aromatic nitrogens is 2. The minimum Gasteiger partial charge on any atom is -0.466 e. The van der Waals surface area contributed by atoms with Crippen molar-refractivity contribution in [2.45, 2.75) is 70.1 Å². The summed E-state index contributed by atoms with van der Waals surface area (Å²) >= 11 is 1.39. The Morgan fingerprint density at radius 1 is 1.22 bits per heavy atom. The lowest BCUT2D eigenvalue weighted by molar-refractivity contribution is 0.136. The highest BCUT2D eigenvalue weighted by molar-refractivity contribution is 7.07. The zero-order valence-electron chi connectivity index (χ0n) is 11.3. The molecule has 0 saturated carbocycles. The van der Waals surface area contributed by atoms with Crippen LogP contribution in [-0.2, 0) is 5.41 Å². The standard InChI is InChI=1S/C13H21N3OS/c1-13(2,3)11-15-12(18-16-11)17-10-6-8-4-5-9(7-10)14-8/h8-10,14H,4-7H2,1-3H3. The molecule has 2 bridgehead atoms. The fourth-order valence-electron chi connectivity index (χ4n) is 2.81. The van der Waals surface area contributed by atoms with Gasteiger partial charge in [0.15, 0.2) is 5.82 Å². The summed E-state index contributed by atoms with van der Waals surface area (Å²) in [7, 11) is 0. The Hall–Kier alpha value is -0.680. The second-order valence-electron chi connectivity index (χ2n) is 6.48. The van der Waals surface area contributed by atoms with Crippen LogP contribution in [0.25, 0.3) is 0 Å². The molecule has 2 atom stereocenters. The molecule has 3 rings (SSSR count). The van der Waals surface area contributed by atoms with E-state index in [9.17, 15) is 0 Å². The topological polar surface area (TPSA) is 47.0 Å². The van der Waals surface area contributed by atoms with Gasteiger partial charge in [-0.15, -0.1) is 0 Å². The van der Waals surface area contributed by atoms with Crippen molar-refractivity contribution in [2.75, 3.05) is 0 Å². The van der Waals surface area contributed by atoms with Crippen LogP contribution in [-0.4, -0.2) is 27.5 Å². The van der Waals surface area contributed by atoms with E-state index in [1.807, 2.05) is 0 Å². The van der Waals surface area contributed by atoms with Crippen LogP contribution in [0.15, 0.2) is 0 Å². The van der Waals surface area contributed by atoms with Crippen LogP contribution in [0.2, 0.25) is 0 Å². The molecule has 0 radical (unpaired) electrons. The van der Waals surface area contributed by atoms with Crippen molar-refractivity contribution in [2.24, 2.45) is 0 Å². The summed E-state index contributed by atoms with van der Waals surface area (Å²) in [5.74, 6) is 0.888. The highest BCUT2D eigenvalue weighted by Crippen LogP contribution is 2.31. The van der Waals surface area contributed by atoms with Crippen LogP contribution in [0, 0.1) is 0 Å². The van der Waals surface area contributed by atoms with Crippen molar-refractivity contribution >= 4 is 11.5 Å². The summed E-state index contributed by atoms with van der Waals surface area (Å²) in [5, 5.41) is 4.36. The largest absolute Gasteiger partial charge is 0.466 e. The predicted molar refractivity (Wildman–Crippen MR) is 72.2 cm³/mol. The lowest BCUT2D eigenvalue weighted by Crippen LogP contribution is -2.42. The number of fused-ring (bicyclic) bond motifs is 2. The minimum atomic E-state index is 0.00522. The Bertz CT molecular complexity index is 414. The van der Waals surface area contributed by atoms with Crippen LogP contribution in [0.4, 0.5) is 0 Å². The Morgan fingerprint density at radius 2 is 1.89 bits per heavy atom. The molecule has 2 aliphatic heterocycles. The molecular formula is C13H21N3OS. The fraction of sp³-hybridized carbons (Fsp3) is 0.846. The molecule has 0 aliphatic carbocycles. The van der Waals surface area contributed by atoms with Gasteiger partial charge < -0.3 is 10.1 Å². The average Bonchev–Trinajstić information content (AvgIpc) is 2.85. The van der Waals surface area contributed by atoms with E-state index < -0.39 is 0 Å². The van der Waals surface area contributed by atoms with Gasteiger partial charge in [0, 0.05) is 29.0 Å². The zero-order chi connectivity index (χ0) is 12.8. The number of nitrogens with zero attached hydrogens (tertiary/aromatic N) is 2. The van der Waals surface area contributed by atoms with Crippen LogP contribution in [0.3, 0.4) is 0 Å². The molecule has 1 aromatic heterocycles. The molecule has 1 N–H and O–H groups in total. The highest BCUT2D eigenvalue weighted by atomic mass is 32.1. The van der Waals surface area contributed by atoms with Gasteiger partial charge in [-0.25, -0.2) is 0 Å². The molecule has 0 aromatic carbocycles. The number of piperidine rings is 1. The SMILES string of the molecule is CC(C)(C)c1nsc(OC2CC3CCC(C2)N3)n1. The maximum Gasteiger partial charge on any atom is 0.293 e. The number of rotatable bonds is 2. The average molecular weight is 267 g/mol. The van der Waals surface area contributed by atoms with Gasteiger partial charge in [-0.1, -0.05) is 20.8 Å². The first-order valence-electron chi connectivity index (χ1n) is 6.77. The molecule has 2 unspecified atom stereocenters. The molecule has 18 heavy (non-hydrogen) atoms. The molecule has 5 heteroatoms. The molecule has 2 saturated heterocycles. The smallest absolute Gasteiger partial charge is 0.293 e. The second kappa shape index (κ2) is 4.46. The van der Waals surface area contributed by atoms with Gasteiger partial charge in [0.05, 0.1) is 0 Å². The molecule has 1 aromatic rings. The number of ether oxygens (including phenoxy) is 1. The van der Waals surface area contributed by atoms with Gasteiger partial charge >= 0.3 is 0 Å². The summed E-state index contributed by atoms with van der Waals surface area (Å²) in [6, 6.07) is 1.31. The summed E-state index contributed by atoms with van der Waals surface area (Å²) in [6.45, 7) is 6.39. The summed E-state index contributed by atoms with van der Waals surface area (Å²) in [6.07, 6.45) is 5.15. The maximum absolute atomic E-state index is 6.02. The van der Waals surface area contributed by atoms with E-state index in [2.05, 4.69) is 35.4 Å². The van der Waals surface area contributed by atoms with Crippen LogP contribution in [0.1, 0.15) is 52.3 Å². The Morgan fingerprint density at radius 3 is 2.44 bits per heavy atom. The lowest BCUT2D eigenvalue weighted by atomic mass is 9.96. The number of nitrogens with one attached hydrogen (secondary N) is 1. The summed E-state index contributed by atoms with van der Waals surface area (Å²) < 4.78 is 10.4. The van der Waals surface area contributed by atoms with Gasteiger partial charge in [0.2, 0.25) is 0 Å². The summed E-state index contributed by atoms with van der Waals surface area (Å²) in [4.78, 5) is 4.51. The van der Waals surface area contributed by atoms with Crippen molar-refractivity contribution in [3.05, 3.63) is 5.82 Å². The van der Waals surface area contributed by atoms with Gasteiger partial charge in [0.1, 0.15) is 6.10 Å². The van der Waals surface area contributed by atoms with E-state index in [1.54, 1.807) is 0 Å². The second-order valence-corrected chi connectivity index (χ2v) is 7.20. The van der Waals surface area contributed by atoms with Crippen LogP contribution >= 0.6 is 11.5 Å². The number of hydrogen-bond donors (Lipinski definition) is 1. The molecule has 100 valence electrons. The van der Waals surface area contributed by atoms with Crippen molar-refractivity contribution in [1.82, 2.24) is 14.7 Å². The third-order valence-electron chi connectivity index (χ3n) is 3.78. The van der Waals surface area contributed by atoms with Crippen molar-refractivity contribution in [3.8, 4) is 5.19 Å². The van der Waals surface area contributed by atoms with Crippen LogP contribution in [0.5, 0.6) is 5.19 Å². The zero-order valence-corrected chi connectivity index (χ0v) is 12.1. The van der Waals surface area contributed by atoms with Crippen molar-refractivity contribution in [1.29, 1.82) is 0 Å². The molecule has 2 fully saturated rings. The Kier molecular flexibility index (Phi) is 3.06. The minimum absolute atomic E-state index is 0.00522. The third kappa shape index (κ3) is 2.52. The predicted octanol–water partition coefficient (Wildman–Crippen LogP) is 2.50. The molecule has 4 nitrogen and oxygen atoms in total. The van der Waals surface area contributed by atoms with E-state index in [-0.39, 0.29) is 5.41 Å². The van der Waals surface area contributed by atoms with Gasteiger partial charge in [0.25, 0.3) is 5.19 Å². The van der Waals surface area contributed by atoms with Crippen molar-refractivity contribution < 1.29 is 4.74 Å². The molecule has 2 aliphatic rings. The quantitative estimate of drug-likeness (QED) is 0.894. The van der Waals surface area contributed by atoms with Crippen molar-refractivity contribution in [3.63, 3.8) is 0 Å². The first-order valence-corrected chi connectivity index (χ1v) is 7.55. The number of hydrogen-bond acceptors (Lipinski definition) is 5. The van der Waals surface area contributed by atoms with E-state index in [1.165, 1.54) is 24.4 Å². The van der Waals surface area contributed by atoms with Gasteiger partial charge in [-0.2, -0.15) is 9.36 Å². The third-order valence-corrected chi connectivity index (χ3v) is 4.38. The first-order chi connectivity index (χ1) is 8.50. The normalized spacial score (nSPS) is 31.6. The van der Waals surface area contributed by atoms with Gasteiger partial charge in [-0.3, -0.25) is 0 Å². The highest BCUT2D eigenvalue weighted by Gasteiger charge is 2.35. The Balaban J connectivity index is 1.64. The monoisotopic (exact) mass is 267 g/mol. The lowest BCUT2D eigenvalue weighted by Gasteiger charge is -2.28. The van der Waals surface area contributed by atoms with E-state index in [0.29, 0.717) is 18.2 Å². The fourth-order valence-corrected chi connectivity index (χ4v) is 3.59. The molecule has 3 heterocycles. The molecule has 0 spiro atoms. The van der Waals surface area contributed by atoms with E-state index in [0.717, 1.165) is 23.9 Å². The van der Waals surface area contributed by atoms with Gasteiger partial charge in [-0.05, 0) is 25.7 Å². The van der Waals surface area contributed by atoms with E-state index >= 15 is 0 Å². The maximum atomic E-state index is 6.02. The molecule has 0 amide bonds. The Labute approximate surface area is 112 Å².